The summed E-state index contributed by atoms with van der Waals surface area (Å²) in [7, 11) is 1.54. The molecule has 1 rings (SSSR count). The third-order valence-corrected chi connectivity index (χ3v) is 2.14. The number of aliphatic hydroxyl groups excluding tert-OH is 1. The SMILES string of the molecule is COc1cc(C)c(CO)cc1NC(C)=O. The number of amides is 1. The highest BCUT2D eigenvalue weighted by Gasteiger charge is 2.08. The molecule has 0 aromatic heterocycles. The van der Waals surface area contributed by atoms with Crippen molar-refractivity contribution in [3.63, 3.8) is 0 Å². The summed E-state index contributed by atoms with van der Waals surface area (Å²) >= 11 is 0. The minimum atomic E-state index is -0.166. The summed E-state index contributed by atoms with van der Waals surface area (Å²) in [6.45, 7) is 3.26. The lowest BCUT2D eigenvalue weighted by molar-refractivity contribution is -0.114. The van der Waals surface area contributed by atoms with Crippen molar-refractivity contribution in [3.05, 3.63) is 23.3 Å². The summed E-state index contributed by atoms with van der Waals surface area (Å²) in [5, 5.41) is 11.7. The van der Waals surface area contributed by atoms with Crippen LogP contribution in [-0.4, -0.2) is 18.1 Å². The highest BCUT2D eigenvalue weighted by molar-refractivity contribution is 5.90. The summed E-state index contributed by atoms with van der Waals surface area (Å²) < 4.78 is 5.13. The minimum absolute atomic E-state index is 0.0532. The molecule has 2 N–H and O–H groups in total. The van der Waals surface area contributed by atoms with Crippen molar-refractivity contribution in [2.24, 2.45) is 0 Å². The van der Waals surface area contributed by atoms with E-state index in [4.69, 9.17) is 9.84 Å². The van der Waals surface area contributed by atoms with Crippen molar-refractivity contribution in [2.75, 3.05) is 12.4 Å². The molecule has 0 aliphatic heterocycles. The van der Waals surface area contributed by atoms with Gasteiger partial charge in [-0.25, -0.2) is 0 Å². The maximum atomic E-state index is 10.9. The Hall–Kier alpha value is -1.55. The average Bonchev–Trinajstić information content (AvgIpc) is 2.19. The lowest BCUT2D eigenvalue weighted by Gasteiger charge is -2.12. The van der Waals surface area contributed by atoms with Gasteiger partial charge < -0.3 is 15.2 Å². The molecule has 82 valence electrons. The summed E-state index contributed by atoms with van der Waals surface area (Å²) in [5.74, 6) is 0.431. The Balaban J connectivity index is 3.16. The van der Waals surface area contributed by atoms with E-state index in [-0.39, 0.29) is 12.5 Å². The van der Waals surface area contributed by atoms with E-state index in [9.17, 15) is 4.79 Å². The number of ether oxygens (including phenoxy) is 1. The Labute approximate surface area is 88.9 Å². The van der Waals surface area contributed by atoms with E-state index in [2.05, 4.69) is 5.32 Å². The van der Waals surface area contributed by atoms with Gasteiger partial charge in [0.05, 0.1) is 19.4 Å². The van der Waals surface area contributed by atoms with Crippen LogP contribution in [0.1, 0.15) is 18.1 Å². The molecule has 0 saturated carbocycles. The van der Waals surface area contributed by atoms with E-state index >= 15 is 0 Å². The summed E-state index contributed by atoms with van der Waals surface area (Å²) in [6, 6.07) is 3.51. The third kappa shape index (κ3) is 2.70. The predicted octanol–water partition coefficient (Wildman–Crippen LogP) is 1.45. The maximum absolute atomic E-state index is 10.9. The van der Waals surface area contributed by atoms with Crippen molar-refractivity contribution in [2.45, 2.75) is 20.5 Å². The molecule has 0 heterocycles. The van der Waals surface area contributed by atoms with Crippen LogP contribution in [0, 0.1) is 6.92 Å². The van der Waals surface area contributed by atoms with Crippen LogP contribution >= 0.6 is 0 Å². The number of rotatable bonds is 3. The lowest BCUT2D eigenvalue weighted by Crippen LogP contribution is -2.08. The van der Waals surface area contributed by atoms with E-state index < -0.39 is 0 Å². The van der Waals surface area contributed by atoms with Gasteiger partial charge in [-0.05, 0) is 30.2 Å². The number of hydrogen-bond acceptors (Lipinski definition) is 3. The normalized spacial score (nSPS) is 9.87. The highest BCUT2D eigenvalue weighted by atomic mass is 16.5. The number of methoxy groups -OCH3 is 1. The molecule has 0 saturated heterocycles. The van der Waals surface area contributed by atoms with Crippen molar-refractivity contribution >= 4 is 11.6 Å². The molecule has 4 heteroatoms. The number of benzene rings is 1. The zero-order valence-electron chi connectivity index (χ0n) is 9.13. The maximum Gasteiger partial charge on any atom is 0.221 e. The average molecular weight is 209 g/mol. The smallest absolute Gasteiger partial charge is 0.221 e. The monoisotopic (exact) mass is 209 g/mol. The molecular formula is C11H15NO3. The van der Waals surface area contributed by atoms with Gasteiger partial charge in [0, 0.05) is 6.92 Å². The van der Waals surface area contributed by atoms with Crippen LogP contribution in [-0.2, 0) is 11.4 Å². The van der Waals surface area contributed by atoms with Gasteiger partial charge in [0.25, 0.3) is 0 Å². The summed E-state index contributed by atoms with van der Waals surface area (Å²) in [5.41, 5.74) is 2.29. The zero-order chi connectivity index (χ0) is 11.4. The minimum Gasteiger partial charge on any atom is -0.495 e. The second-order valence-corrected chi connectivity index (χ2v) is 3.32. The van der Waals surface area contributed by atoms with Crippen LogP contribution < -0.4 is 10.1 Å². The Morgan fingerprint density at radius 3 is 2.67 bits per heavy atom. The number of nitrogens with one attached hydrogen (secondary N) is 1. The Morgan fingerprint density at radius 1 is 1.53 bits per heavy atom. The number of hydrogen-bond donors (Lipinski definition) is 2. The molecule has 0 atom stereocenters. The van der Waals surface area contributed by atoms with Crippen molar-refractivity contribution < 1.29 is 14.6 Å². The zero-order valence-corrected chi connectivity index (χ0v) is 9.13. The van der Waals surface area contributed by atoms with Gasteiger partial charge in [0.15, 0.2) is 0 Å². The molecule has 15 heavy (non-hydrogen) atoms. The molecule has 0 radical (unpaired) electrons. The molecular weight excluding hydrogens is 194 g/mol. The van der Waals surface area contributed by atoms with E-state index in [0.717, 1.165) is 11.1 Å². The van der Waals surface area contributed by atoms with Crippen LogP contribution in [0.15, 0.2) is 12.1 Å². The summed E-state index contributed by atoms with van der Waals surface area (Å²) in [6.07, 6.45) is 0. The van der Waals surface area contributed by atoms with Gasteiger partial charge >= 0.3 is 0 Å². The van der Waals surface area contributed by atoms with Gasteiger partial charge in [-0.15, -0.1) is 0 Å². The van der Waals surface area contributed by atoms with Crippen molar-refractivity contribution in [1.29, 1.82) is 0 Å². The molecule has 1 aromatic carbocycles. The second-order valence-electron chi connectivity index (χ2n) is 3.32. The van der Waals surface area contributed by atoms with Crippen LogP contribution in [0.2, 0.25) is 0 Å². The van der Waals surface area contributed by atoms with E-state index in [1.807, 2.05) is 6.92 Å². The molecule has 0 unspecified atom stereocenters. The fraction of sp³-hybridized carbons (Fsp3) is 0.364. The molecule has 1 aromatic rings. The van der Waals surface area contributed by atoms with Gasteiger partial charge in [-0.2, -0.15) is 0 Å². The molecule has 1 amide bonds. The number of aliphatic hydroxyl groups is 1. The van der Waals surface area contributed by atoms with Gasteiger partial charge in [-0.3, -0.25) is 4.79 Å². The molecule has 4 nitrogen and oxygen atoms in total. The van der Waals surface area contributed by atoms with Crippen LogP contribution in [0.4, 0.5) is 5.69 Å². The quantitative estimate of drug-likeness (QED) is 0.792. The Kier molecular flexibility index (Phi) is 3.68. The fourth-order valence-electron chi connectivity index (χ4n) is 1.35. The molecule has 0 bridgehead atoms. The van der Waals surface area contributed by atoms with Crippen LogP contribution in [0.3, 0.4) is 0 Å². The molecule has 0 aliphatic rings. The van der Waals surface area contributed by atoms with Crippen LogP contribution in [0.5, 0.6) is 5.75 Å². The topological polar surface area (TPSA) is 58.6 Å². The largest absolute Gasteiger partial charge is 0.495 e. The highest BCUT2D eigenvalue weighted by Crippen LogP contribution is 2.28. The van der Waals surface area contributed by atoms with E-state index in [1.54, 1.807) is 19.2 Å². The molecule has 0 aliphatic carbocycles. The first-order valence-electron chi connectivity index (χ1n) is 4.64. The van der Waals surface area contributed by atoms with E-state index in [0.29, 0.717) is 11.4 Å². The number of aryl methyl sites for hydroxylation is 1. The Morgan fingerprint density at radius 2 is 2.20 bits per heavy atom. The lowest BCUT2D eigenvalue weighted by atomic mass is 10.1. The standard InChI is InChI=1S/C11H15NO3/c1-7-4-11(15-3)10(12-8(2)14)5-9(7)6-13/h4-5,13H,6H2,1-3H3,(H,12,14). The van der Waals surface area contributed by atoms with Crippen molar-refractivity contribution in [3.8, 4) is 5.75 Å². The number of anilines is 1. The fourth-order valence-corrected chi connectivity index (χ4v) is 1.35. The van der Waals surface area contributed by atoms with Crippen molar-refractivity contribution in [1.82, 2.24) is 0 Å². The summed E-state index contributed by atoms with van der Waals surface area (Å²) in [4.78, 5) is 10.9. The Bertz CT molecular complexity index is 374. The third-order valence-electron chi connectivity index (χ3n) is 2.14. The first kappa shape index (κ1) is 11.5. The van der Waals surface area contributed by atoms with E-state index in [1.165, 1.54) is 6.92 Å². The number of carbonyl (C=O) groups excluding carboxylic acids is 1. The van der Waals surface area contributed by atoms with Gasteiger partial charge in [0.1, 0.15) is 5.75 Å². The van der Waals surface area contributed by atoms with Gasteiger partial charge in [-0.1, -0.05) is 0 Å². The first-order valence-corrected chi connectivity index (χ1v) is 4.64. The van der Waals surface area contributed by atoms with Crippen LogP contribution in [0.25, 0.3) is 0 Å². The first-order chi connectivity index (χ1) is 7.08. The van der Waals surface area contributed by atoms with Gasteiger partial charge in [0.2, 0.25) is 5.91 Å². The number of carbonyl (C=O) groups is 1. The molecule has 0 fully saturated rings. The molecule has 0 spiro atoms. The second kappa shape index (κ2) is 4.79. The predicted molar refractivity (Wildman–Crippen MR) is 58.0 cm³/mol.